The Bertz CT molecular complexity index is 763. The second-order valence-electron chi connectivity index (χ2n) is 4.59. The fraction of sp³-hybridized carbons (Fsp3) is 0.364. The van der Waals surface area contributed by atoms with Crippen LogP contribution in [0.4, 0.5) is 50.0 Å². The Kier molecular flexibility index (Phi) is 5.48. The van der Waals surface area contributed by atoms with Gasteiger partial charge in [0, 0.05) is 5.69 Å². The lowest BCUT2D eigenvalue weighted by Crippen LogP contribution is -2.65. The summed E-state index contributed by atoms with van der Waals surface area (Å²) in [6, 6.07) is 4.05. The van der Waals surface area contributed by atoms with E-state index >= 15 is 0 Å². The maximum atomic E-state index is 13.3. The van der Waals surface area contributed by atoms with Crippen molar-refractivity contribution in [3.8, 4) is 0 Å². The van der Waals surface area contributed by atoms with E-state index in [1.54, 1.807) is 5.32 Å². The molecule has 1 rings (SSSR count). The van der Waals surface area contributed by atoms with Gasteiger partial charge in [-0.05, 0) is 12.1 Å². The number of anilines is 1. The zero-order chi connectivity index (χ0) is 20.6. The van der Waals surface area contributed by atoms with Crippen molar-refractivity contribution >= 4 is 21.7 Å². The number of nitrogens with one attached hydrogen (secondary N) is 2. The van der Waals surface area contributed by atoms with E-state index in [2.05, 4.69) is 0 Å². The third kappa shape index (κ3) is 3.66. The summed E-state index contributed by atoms with van der Waals surface area (Å²) in [7, 11) is -7.01. The summed E-state index contributed by atoms with van der Waals surface area (Å²) in [6.07, 6.45) is -7.19. The Morgan fingerprint density at radius 2 is 1.27 bits per heavy atom. The molecule has 0 aliphatic carbocycles. The van der Waals surface area contributed by atoms with Gasteiger partial charge in [-0.2, -0.15) is 47.9 Å². The number of carbonyl (C=O) groups excluding carboxylic acids is 1. The first-order valence-electron chi connectivity index (χ1n) is 6.06. The molecule has 0 unspecified atom stereocenters. The van der Waals surface area contributed by atoms with Crippen LogP contribution in [-0.2, 0) is 10.0 Å². The molecule has 0 atom stereocenters. The first kappa shape index (κ1) is 21.9. The topological polar surface area (TPSA) is 75.3 Å². The van der Waals surface area contributed by atoms with Crippen LogP contribution in [0.15, 0.2) is 30.3 Å². The van der Waals surface area contributed by atoms with Crippen LogP contribution in [0.25, 0.3) is 0 Å². The van der Waals surface area contributed by atoms with Gasteiger partial charge in [0.2, 0.25) is 0 Å². The minimum Gasteiger partial charge on any atom is -0.307 e. The number of urea groups is 1. The van der Waals surface area contributed by atoms with Gasteiger partial charge in [-0.25, -0.2) is 9.52 Å². The molecule has 26 heavy (non-hydrogen) atoms. The zero-order valence-corrected chi connectivity index (χ0v) is 12.7. The van der Waals surface area contributed by atoms with E-state index in [1.165, 1.54) is 18.2 Å². The number of rotatable bonds is 5. The second kappa shape index (κ2) is 6.51. The normalized spacial score (nSPS) is 14.0. The molecular weight excluding hydrogens is 411 g/mol. The van der Waals surface area contributed by atoms with Crippen LogP contribution in [0.5, 0.6) is 0 Å². The number of benzene rings is 1. The van der Waals surface area contributed by atoms with Gasteiger partial charge >= 0.3 is 39.3 Å². The molecule has 0 heterocycles. The lowest BCUT2D eigenvalue weighted by atomic mass is 10.1. The van der Waals surface area contributed by atoms with Gasteiger partial charge < -0.3 is 5.32 Å². The molecule has 0 aliphatic heterocycles. The number of hydrogen-bond donors (Lipinski definition) is 2. The molecule has 2 N–H and O–H groups in total. The predicted octanol–water partition coefficient (Wildman–Crippen LogP) is 3.56. The van der Waals surface area contributed by atoms with Crippen LogP contribution < -0.4 is 10.0 Å². The fourth-order valence-corrected chi connectivity index (χ4v) is 2.28. The van der Waals surface area contributed by atoms with E-state index in [1.807, 2.05) is 0 Å². The number of para-hydroxylation sites is 1. The van der Waals surface area contributed by atoms with E-state index in [-0.39, 0.29) is 10.4 Å². The summed E-state index contributed by atoms with van der Waals surface area (Å²) < 4.78 is 137. The van der Waals surface area contributed by atoms with Crippen LogP contribution in [0, 0.1) is 0 Å². The molecule has 1 aromatic rings. The highest BCUT2D eigenvalue weighted by atomic mass is 32.2. The first-order chi connectivity index (χ1) is 11.5. The van der Waals surface area contributed by atoms with Gasteiger partial charge in [-0.15, -0.1) is 0 Å². The average Bonchev–Trinajstić information content (AvgIpc) is 2.45. The minimum absolute atomic E-state index is 0.226. The number of hydrogen-bond acceptors (Lipinski definition) is 3. The summed E-state index contributed by atoms with van der Waals surface area (Å²) in [5.74, 6) is -14.8. The van der Waals surface area contributed by atoms with E-state index in [0.717, 1.165) is 12.1 Å². The number of alkyl halides is 9. The maximum Gasteiger partial charge on any atom is 0.460 e. The Morgan fingerprint density at radius 3 is 1.69 bits per heavy atom. The summed E-state index contributed by atoms with van der Waals surface area (Å²) in [5.41, 5.74) is -0.226. The Hall–Kier alpha value is -2.19. The SMILES string of the molecule is O=C(Nc1ccccc1)NS(=O)(=O)C(F)(F)C(F)(F)C(F)(F)C(F)(F)F. The zero-order valence-electron chi connectivity index (χ0n) is 11.9. The quantitative estimate of drug-likeness (QED) is 0.719. The molecule has 0 spiro atoms. The lowest BCUT2D eigenvalue weighted by molar-refractivity contribution is -0.382. The van der Waals surface area contributed by atoms with Gasteiger partial charge in [-0.1, -0.05) is 18.2 Å². The Morgan fingerprint density at radius 1 is 0.808 bits per heavy atom. The smallest absolute Gasteiger partial charge is 0.307 e. The predicted molar refractivity (Wildman–Crippen MR) is 68.4 cm³/mol. The molecule has 148 valence electrons. The maximum absolute atomic E-state index is 13.3. The van der Waals surface area contributed by atoms with Crippen molar-refractivity contribution in [3.05, 3.63) is 30.3 Å². The van der Waals surface area contributed by atoms with Crippen LogP contribution in [0.2, 0.25) is 0 Å². The molecule has 0 bridgehead atoms. The minimum atomic E-state index is -7.42. The monoisotopic (exact) mass is 418 g/mol. The van der Waals surface area contributed by atoms with Crippen molar-refractivity contribution in [2.45, 2.75) is 23.3 Å². The van der Waals surface area contributed by atoms with Crippen molar-refractivity contribution < 1.29 is 52.7 Å². The van der Waals surface area contributed by atoms with E-state index in [0.29, 0.717) is 0 Å². The van der Waals surface area contributed by atoms with Crippen molar-refractivity contribution in [1.82, 2.24) is 4.72 Å². The number of halogens is 9. The van der Waals surface area contributed by atoms with Crippen molar-refractivity contribution in [1.29, 1.82) is 0 Å². The number of amides is 2. The van der Waals surface area contributed by atoms with Crippen LogP contribution in [0.3, 0.4) is 0 Å². The largest absolute Gasteiger partial charge is 0.460 e. The third-order valence-corrected chi connectivity index (χ3v) is 4.10. The highest BCUT2D eigenvalue weighted by Crippen LogP contribution is 2.54. The van der Waals surface area contributed by atoms with Gasteiger partial charge in [-0.3, -0.25) is 0 Å². The number of sulfonamides is 1. The molecule has 0 aliphatic rings. The first-order valence-corrected chi connectivity index (χ1v) is 7.54. The van der Waals surface area contributed by atoms with E-state index in [9.17, 15) is 52.7 Å². The second-order valence-corrected chi connectivity index (χ2v) is 6.31. The summed E-state index contributed by atoms with van der Waals surface area (Å²) in [5, 5.41) is -5.42. The summed E-state index contributed by atoms with van der Waals surface area (Å²) in [6.45, 7) is 0. The molecular formula is C11H7F9N2O3S. The van der Waals surface area contributed by atoms with Crippen LogP contribution in [-0.4, -0.2) is 37.7 Å². The molecule has 1 aromatic carbocycles. The van der Waals surface area contributed by atoms with Crippen molar-refractivity contribution in [3.63, 3.8) is 0 Å². The average molecular weight is 418 g/mol. The number of carbonyl (C=O) groups is 1. The highest BCUT2D eigenvalue weighted by molar-refractivity contribution is 7.91. The molecule has 15 heteroatoms. The molecule has 2 amide bonds. The highest BCUT2D eigenvalue weighted by Gasteiger charge is 2.85. The Balaban J connectivity index is 3.14. The summed E-state index contributed by atoms with van der Waals surface area (Å²) >= 11 is 0. The summed E-state index contributed by atoms with van der Waals surface area (Å²) in [4.78, 5) is 11.3. The van der Waals surface area contributed by atoms with Crippen LogP contribution >= 0.6 is 0 Å². The van der Waals surface area contributed by atoms with Crippen LogP contribution in [0.1, 0.15) is 0 Å². The lowest BCUT2D eigenvalue weighted by Gasteiger charge is -2.32. The van der Waals surface area contributed by atoms with E-state index < -0.39 is 39.3 Å². The Labute approximate surface area is 139 Å². The molecule has 0 fully saturated rings. The molecule has 0 radical (unpaired) electrons. The van der Waals surface area contributed by atoms with Gasteiger partial charge in [0.15, 0.2) is 0 Å². The molecule has 0 aromatic heterocycles. The van der Waals surface area contributed by atoms with Gasteiger partial charge in [0.25, 0.3) is 0 Å². The van der Waals surface area contributed by atoms with Crippen molar-refractivity contribution in [2.24, 2.45) is 0 Å². The molecule has 0 saturated heterocycles. The van der Waals surface area contributed by atoms with Gasteiger partial charge in [0.1, 0.15) is 0 Å². The third-order valence-electron chi connectivity index (χ3n) is 2.71. The standard InChI is InChI=1S/C11H7F9N2O3S/c12-8(13,10(16,17)18)9(14,15)11(19,20)26(24,25)22-7(23)21-6-4-2-1-3-5-6/h1-5H,(H2,21,22,23). The van der Waals surface area contributed by atoms with E-state index in [4.69, 9.17) is 0 Å². The van der Waals surface area contributed by atoms with Gasteiger partial charge in [0.05, 0.1) is 0 Å². The fourth-order valence-electron chi connectivity index (χ4n) is 1.39. The molecule has 5 nitrogen and oxygen atoms in total. The van der Waals surface area contributed by atoms with Crippen molar-refractivity contribution in [2.75, 3.05) is 5.32 Å². The molecule has 0 saturated carbocycles.